The molecular weight excluding hydrogens is 443 g/mol. The summed E-state index contributed by atoms with van der Waals surface area (Å²) in [5, 5.41) is 6.04. The molecule has 2 aromatic rings. The Balaban J connectivity index is 1.69. The largest absolute Gasteiger partial charge is 0.325 e. The second kappa shape index (κ2) is 9.41. The van der Waals surface area contributed by atoms with Crippen LogP contribution in [0, 0.1) is 0 Å². The number of amides is 3. The molecule has 158 valence electrons. The number of anilines is 1. The number of carbonyl (C=O) groups is 3. The van der Waals surface area contributed by atoms with Gasteiger partial charge >= 0.3 is 0 Å². The van der Waals surface area contributed by atoms with Crippen LogP contribution >= 0.6 is 35.0 Å². The van der Waals surface area contributed by atoms with Crippen LogP contribution in [0.1, 0.15) is 38.7 Å². The number of piperidine rings is 1. The number of carbonyl (C=O) groups excluding carboxylic acids is 3. The molecule has 1 fully saturated rings. The lowest BCUT2D eigenvalue weighted by Gasteiger charge is -2.35. The molecule has 0 aromatic heterocycles. The van der Waals surface area contributed by atoms with E-state index in [1.54, 1.807) is 37.3 Å². The van der Waals surface area contributed by atoms with E-state index in [2.05, 4.69) is 10.6 Å². The van der Waals surface area contributed by atoms with Gasteiger partial charge in [0, 0.05) is 22.0 Å². The molecule has 0 aliphatic carbocycles. The molecule has 0 bridgehead atoms. The highest BCUT2D eigenvalue weighted by atomic mass is 35.5. The van der Waals surface area contributed by atoms with E-state index < -0.39 is 10.7 Å². The van der Waals surface area contributed by atoms with Crippen molar-refractivity contribution in [2.45, 2.75) is 48.7 Å². The van der Waals surface area contributed by atoms with E-state index in [9.17, 15) is 14.4 Å². The number of imide groups is 1. The number of benzene rings is 2. The van der Waals surface area contributed by atoms with Crippen LogP contribution < -0.4 is 10.6 Å². The first-order valence-corrected chi connectivity index (χ1v) is 11.3. The predicted octanol–water partition coefficient (Wildman–Crippen LogP) is 5.20. The standard InChI is InChI=1S/C22H22Cl2N2O3S/c1-3-22(11-10-19(27)26-21(22)29)14-4-7-16(8-5-14)25-20(28)13(2)30-18-12-15(23)6-9-17(18)24/h4-9,12-13H,3,10-11H2,1-2H3,(H,25,28)(H,26,27,29). The fourth-order valence-electron chi connectivity index (χ4n) is 3.49. The third kappa shape index (κ3) is 4.82. The molecule has 2 aromatic carbocycles. The Morgan fingerprint density at radius 3 is 2.53 bits per heavy atom. The number of nitrogens with one attached hydrogen (secondary N) is 2. The summed E-state index contributed by atoms with van der Waals surface area (Å²) in [4.78, 5) is 37.4. The summed E-state index contributed by atoms with van der Waals surface area (Å²) >= 11 is 13.5. The van der Waals surface area contributed by atoms with Crippen LogP contribution in [0.2, 0.25) is 10.0 Å². The van der Waals surface area contributed by atoms with Crippen molar-refractivity contribution < 1.29 is 14.4 Å². The molecule has 8 heteroatoms. The molecule has 1 aliphatic rings. The number of hydrogen-bond acceptors (Lipinski definition) is 4. The first-order chi connectivity index (χ1) is 14.2. The van der Waals surface area contributed by atoms with Gasteiger partial charge in [0.25, 0.3) is 0 Å². The highest BCUT2D eigenvalue weighted by Crippen LogP contribution is 2.36. The van der Waals surface area contributed by atoms with E-state index in [4.69, 9.17) is 23.2 Å². The van der Waals surface area contributed by atoms with Crippen molar-refractivity contribution in [3.05, 3.63) is 58.1 Å². The molecule has 3 amide bonds. The van der Waals surface area contributed by atoms with Gasteiger partial charge in [-0.05, 0) is 55.7 Å². The van der Waals surface area contributed by atoms with Gasteiger partial charge in [0.05, 0.1) is 15.7 Å². The van der Waals surface area contributed by atoms with E-state index in [-0.39, 0.29) is 17.7 Å². The van der Waals surface area contributed by atoms with Crippen molar-refractivity contribution in [3.63, 3.8) is 0 Å². The summed E-state index contributed by atoms with van der Waals surface area (Å²) in [6, 6.07) is 12.4. The molecule has 2 N–H and O–H groups in total. The maximum absolute atomic E-state index is 12.6. The predicted molar refractivity (Wildman–Crippen MR) is 121 cm³/mol. The van der Waals surface area contributed by atoms with E-state index in [0.717, 1.165) is 10.5 Å². The highest BCUT2D eigenvalue weighted by Gasteiger charge is 2.42. The third-order valence-electron chi connectivity index (χ3n) is 5.34. The Morgan fingerprint density at radius 2 is 1.90 bits per heavy atom. The van der Waals surface area contributed by atoms with Gasteiger partial charge in [0.1, 0.15) is 0 Å². The number of hydrogen-bond donors (Lipinski definition) is 2. The lowest BCUT2D eigenvalue weighted by Crippen LogP contribution is -2.51. The lowest BCUT2D eigenvalue weighted by atomic mass is 9.72. The fourth-order valence-corrected chi connectivity index (χ4v) is 4.90. The summed E-state index contributed by atoms with van der Waals surface area (Å²) in [6.45, 7) is 3.73. The van der Waals surface area contributed by atoms with Crippen LogP contribution in [0.3, 0.4) is 0 Å². The average Bonchev–Trinajstić information content (AvgIpc) is 2.72. The van der Waals surface area contributed by atoms with Crippen LogP contribution in [0.5, 0.6) is 0 Å². The van der Waals surface area contributed by atoms with Crippen LogP contribution in [0.15, 0.2) is 47.4 Å². The molecular formula is C22H22Cl2N2O3S. The van der Waals surface area contributed by atoms with Gasteiger partial charge in [-0.25, -0.2) is 0 Å². The van der Waals surface area contributed by atoms with Gasteiger partial charge in [-0.15, -0.1) is 11.8 Å². The average molecular weight is 465 g/mol. The van der Waals surface area contributed by atoms with Crippen LogP contribution in [-0.2, 0) is 19.8 Å². The molecule has 1 heterocycles. The van der Waals surface area contributed by atoms with E-state index in [1.165, 1.54) is 11.8 Å². The van der Waals surface area contributed by atoms with Crippen molar-refractivity contribution in [3.8, 4) is 0 Å². The SMILES string of the molecule is CCC1(c2ccc(NC(=O)C(C)Sc3cc(Cl)ccc3Cl)cc2)CCC(=O)NC1=O. The lowest BCUT2D eigenvalue weighted by molar-refractivity contribution is -0.138. The minimum atomic E-state index is -0.719. The molecule has 0 spiro atoms. The summed E-state index contributed by atoms with van der Waals surface area (Å²) in [6.07, 6.45) is 1.39. The smallest absolute Gasteiger partial charge is 0.237 e. The Morgan fingerprint density at radius 1 is 1.20 bits per heavy atom. The molecule has 2 atom stereocenters. The van der Waals surface area contributed by atoms with Crippen molar-refractivity contribution in [2.75, 3.05) is 5.32 Å². The summed E-state index contributed by atoms with van der Waals surface area (Å²) in [5.41, 5.74) is 0.746. The zero-order valence-corrected chi connectivity index (χ0v) is 19.0. The molecule has 1 saturated heterocycles. The van der Waals surface area contributed by atoms with Crippen molar-refractivity contribution in [2.24, 2.45) is 0 Å². The summed E-state index contributed by atoms with van der Waals surface area (Å²) < 4.78 is 0. The first-order valence-electron chi connectivity index (χ1n) is 9.62. The molecule has 1 aliphatic heterocycles. The van der Waals surface area contributed by atoms with Gasteiger partial charge in [0.2, 0.25) is 17.7 Å². The topological polar surface area (TPSA) is 75.3 Å². The van der Waals surface area contributed by atoms with Crippen LogP contribution in [0.4, 0.5) is 5.69 Å². The Kier molecular flexibility index (Phi) is 7.11. The highest BCUT2D eigenvalue weighted by molar-refractivity contribution is 8.00. The van der Waals surface area contributed by atoms with Gasteiger partial charge < -0.3 is 5.32 Å². The van der Waals surface area contributed by atoms with Crippen molar-refractivity contribution in [1.82, 2.24) is 5.32 Å². The Bertz CT molecular complexity index is 981. The monoisotopic (exact) mass is 464 g/mol. The summed E-state index contributed by atoms with van der Waals surface area (Å²) in [7, 11) is 0. The molecule has 2 unspecified atom stereocenters. The maximum atomic E-state index is 12.6. The second-order valence-electron chi connectivity index (χ2n) is 7.21. The minimum Gasteiger partial charge on any atom is -0.325 e. The maximum Gasteiger partial charge on any atom is 0.237 e. The van der Waals surface area contributed by atoms with E-state index >= 15 is 0 Å². The number of halogens is 2. The zero-order valence-electron chi connectivity index (χ0n) is 16.6. The van der Waals surface area contributed by atoms with E-state index in [1.807, 2.05) is 19.1 Å². The quantitative estimate of drug-likeness (QED) is 0.455. The summed E-state index contributed by atoms with van der Waals surface area (Å²) in [5.74, 6) is -0.671. The van der Waals surface area contributed by atoms with Gasteiger partial charge in [-0.2, -0.15) is 0 Å². The van der Waals surface area contributed by atoms with Gasteiger partial charge in [-0.1, -0.05) is 42.3 Å². The normalized spacial score (nSPS) is 19.9. The molecule has 0 radical (unpaired) electrons. The number of rotatable bonds is 6. The van der Waals surface area contributed by atoms with Gasteiger partial charge in [0.15, 0.2) is 0 Å². The van der Waals surface area contributed by atoms with Crippen molar-refractivity contribution in [1.29, 1.82) is 0 Å². The van der Waals surface area contributed by atoms with Gasteiger partial charge in [-0.3, -0.25) is 19.7 Å². The Hall–Kier alpha value is -2.02. The minimum absolute atomic E-state index is 0.171. The molecule has 3 rings (SSSR count). The van der Waals surface area contributed by atoms with E-state index in [0.29, 0.717) is 35.0 Å². The molecule has 0 saturated carbocycles. The van der Waals surface area contributed by atoms with Crippen molar-refractivity contribution >= 4 is 58.4 Å². The van der Waals surface area contributed by atoms with Crippen LogP contribution in [-0.4, -0.2) is 23.0 Å². The first kappa shape index (κ1) is 22.7. The molecule has 5 nitrogen and oxygen atoms in total. The second-order valence-corrected chi connectivity index (χ2v) is 9.44. The number of thioether (sulfide) groups is 1. The fraction of sp³-hybridized carbons (Fsp3) is 0.318. The third-order valence-corrected chi connectivity index (χ3v) is 7.18. The Labute approximate surface area is 189 Å². The zero-order chi connectivity index (χ0) is 21.9. The molecule has 30 heavy (non-hydrogen) atoms. The van der Waals surface area contributed by atoms with Crippen LogP contribution in [0.25, 0.3) is 0 Å².